The van der Waals surface area contributed by atoms with Crippen molar-refractivity contribution >= 4 is 23.5 Å². The summed E-state index contributed by atoms with van der Waals surface area (Å²) in [6, 6.07) is 18.7. The van der Waals surface area contributed by atoms with Crippen LogP contribution in [0.1, 0.15) is 32.2 Å². The Bertz CT molecular complexity index is 931. The molecule has 4 nitrogen and oxygen atoms in total. The van der Waals surface area contributed by atoms with Gasteiger partial charge in [-0.15, -0.1) is 28.5 Å². The second-order valence-corrected chi connectivity index (χ2v) is 9.98. The first-order valence-corrected chi connectivity index (χ1v) is 12.0. The van der Waals surface area contributed by atoms with Gasteiger partial charge in [-0.2, -0.15) is 0 Å². The molecule has 2 aromatic carbocycles. The Labute approximate surface area is 188 Å². The minimum absolute atomic E-state index is 0.153. The molecule has 1 heterocycles. The highest BCUT2D eigenvalue weighted by molar-refractivity contribution is 7.99. The fraction of sp³-hybridized carbons (Fsp3) is 0.333. The van der Waals surface area contributed by atoms with Crippen molar-refractivity contribution in [3.05, 3.63) is 78.6 Å². The van der Waals surface area contributed by atoms with Crippen molar-refractivity contribution in [2.24, 2.45) is 0 Å². The van der Waals surface area contributed by atoms with Crippen LogP contribution in [0.5, 0.6) is 5.75 Å². The van der Waals surface area contributed by atoms with E-state index in [2.05, 4.69) is 78.5 Å². The highest BCUT2D eigenvalue weighted by atomic mass is 32.2. The van der Waals surface area contributed by atoms with Crippen LogP contribution in [0.4, 0.5) is 0 Å². The Balaban J connectivity index is 1.52. The maximum Gasteiger partial charge on any atom is 0.191 e. The van der Waals surface area contributed by atoms with E-state index in [1.165, 1.54) is 10.5 Å². The van der Waals surface area contributed by atoms with E-state index in [1.54, 1.807) is 23.5 Å². The Morgan fingerprint density at radius 3 is 2.40 bits per heavy atom. The summed E-state index contributed by atoms with van der Waals surface area (Å²) >= 11 is 3.43. The number of aromatic nitrogens is 3. The van der Waals surface area contributed by atoms with E-state index in [0.717, 1.165) is 28.2 Å². The Kier molecular flexibility index (Phi) is 8.05. The van der Waals surface area contributed by atoms with Crippen LogP contribution < -0.4 is 4.74 Å². The fourth-order valence-corrected chi connectivity index (χ4v) is 4.50. The number of rotatable bonds is 10. The zero-order valence-electron chi connectivity index (χ0n) is 17.9. The number of hydrogen-bond donors (Lipinski definition) is 0. The first-order chi connectivity index (χ1) is 14.5. The third kappa shape index (κ3) is 6.41. The topological polar surface area (TPSA) is 39.9 Å². The van der Waals surface area contributed by atoms with Gasteiger partial charge in [-0.05, 0) is 35.2 Å². The summed E-state index contributed by atoms with van der Waals surface area (Å²) in [6.45, 7) is 11.8. The van der Waals surface area contributed by atoms with E-state index in [0.29, 0.717) is 13.2 Å². The molecule has 158 valence electrons. The minimum atomic E-state index is 0.153. The molecule has 1 aromatic heterocycles. The van der Waals surface area contributed by atoms with Gasteiger partial charge in [0.05, 0.1) is 12.4 Å². The van der Waals surface area contributed by atoms with Gasteiger partial charge in [-0.1, -0.05) is 68.9 Å². The van der Waals surface area contributed by atoms with Gasteiger partial charge in [0.15, 0.2) is 5.16 Å². The molecule has 0 fully saturated rings. The zero-order chi connectivity index (χ0) is 21.4. The molecule has 0 bridgehead atoms. The smallest absolute Gasteiger partial charge is 0.191 e. The predicted molar refractivity (Wildman–Crippen MR) is 128 cm³/mol. The quantitative estimate of drug-likeness (QED) is 0.213. The molecule has 0 aliphatic heterocycles. The lowest BCUT2D eigenvalue weighted by atomic mass is 9.87. The van der Waals surface area contributed by atoms with E-state index >= 15 is 0 Å². The summed E-state index contributed by atoms with van der Waals surface area (Å²) in [5, 5.41) is 9.70. The van der Waals surface area contributed by atoms with Gasteiger partial charge in [0.25, 0.3) is 0 Å². The summed E-state index contributed by atoms with van der Waals surface area (Å²) in [5.41, 5.74) is 1.46. The van der Waals surface area contributed by atoms with Crippen LogP contribution in [0.25, 0.3) is 0 Å². The normalized spacial score (nSPS) is 11.4. The van der Waals surface area contributed by atoms with Crippen molar-refractivity contribution in [2.45, 2.75) is 48.5 Å². The third-order valence-corrected chi connectivity index (χ3v) is 6.46. The number of hydrogen-bond acceptors (Lipinski definition) is 5. The highest BCUT2D eigenvalue weighted by Gasteiger charge is 2.14. The third-order valence-electron chi connectivity index (χ3n) is 4.52. The fourth-order valence-electron chi connectivity index (χ4n) is 2.85. The van der Waals surface area contributed by atoms with Crippen molar-refractivity contribution in [3.8, 4) is 5.75 Å². The molecule has 3 aromatic rings. The van der Waals surface area contributed by atoms with Gasteiger partial charge in [0, 0.05) is 17.2 Å². The van der Waals surface area contributed by atoms with Crippen LogP contribution in [-0.4, -0.2) is 27.1 Å². The summed E-state index contributed by atoms with van der Waals surface area (Å²) < 4.78 is 8.04. The van der Waals surface area contributed by atoms with E-state index < -0.39 is 0 Å². The molecule has 0 radical (unpaired) electrons. The van der Waals surface area contributed by atoms with Crippen LogP contribution in [0.3, 0.4) is 0 Å². The van der Waals surface area contributed by atoms with E-state index in [4.69, 9.17) is 4.74 Å². The molecule has 0 amide bonds. The summed E-state index contributed by atoms with van der Waals surface area (Å²) in [5.74, 6) is 3.45. The minimum Gasteiger partial charge on any atom is -0.493 e. The average molecular weight is 440 g/mol. The van der Waals surface area contributed by atoms with E-state index in [1.807, 2.05) is 24.3 Å². The van der Waals surface area contributed by atoms with Gasteiger partial charge in [-0.25, -0.2) is 0 Å². The van der Waals surface area contributed by atoms with Crippen molar-refractivity contribution in [3.63, 3.8) is 0 Å². The van der Waals surface area contributed by atoms with E-state index in [-0.39, 0.29) is 5.41 Å². The van der Waals surface area contributed by atoms with Crippen LogP contribution in [0.2, 0.25) is 0 Å². The molecule has 0 unspecified atom stereocenters. The number of benzene rings is 2. The largest absolute Gasteiger partial charge is 0.493 e. The monoisotopic (exact) mass is 439 g/mol. The molecule has 0 N–H and O–H groups in total. The summed E-state index contributed by atoms with van der Waals surface area (Å²) in [6.07, 6.45) is 1.89. The maximum atomic E-state index is 5.90. The molecule has 0 aliphatic carbocycles. The van der Waals surface area contributed by atoms with Gasteiger partial charge in [0.2, 0.25) is 0 Å². The molecule has 3 rings (SSSR count). The second kappa shape index (κ2) is 10.7. The SMILES string of the molecule is C=CCn1c(CSc2ccccc2)nnc1SCCOc1ccc(C(C)(C)C)cc1. The molecule has 0 aliphatic rings. The maximum absolute atomic E-state index is 5.90. The van der Waals surface area contributed by atoms with Crippen molar-refractivity contribution < 1.29 is 4.74 Å². The number of allylic oxidation sites excluding steroid dienone is 1. The van der Waals surface area contributed by atoms with Crippen LogP contribution >= 0.6 is 23.5 Å². The van der Waals surface area contributed by atoms with Gasteiger partial charge in [-0.3, -0.25) is 0 Å². The lowest BCUT2D eigenvalue weighted by Crippen LogP contribution is -2.10. The van der Waals surface area contributed by atoms with Crippen molar-refractivity contribution in [2.75, 3.05) is 12.4 Å². The molecule has 0 spiro atoms. The molecular formula is C24H29N3OS2. The Morgan fingerprint density at radius 1 is 1.00 bits per heavy atom. The average Bonchev–Trinajstić information content (AvgIpc) is 3.12. The molecular weight excluding hydrogens is 410 g/mol. The summed E-state index contributed by atoms with van der Waals surface area (Å²) in [7, 11) is 0. The highest BCUT2D eigenvalue weighted by Crippen LogP contribution is 2.26. The molecule has 6 heteroatoms. The van der Waals surface area contributed by atoms with Crippen LogP contribution in [-0.2, 0) is 17.7 Å². The van der Waals surface area contributed by atoms with E-state index in [9.17, 15) is 0 Å². The lowest BCUT2D eigenvalue weighted by molar-refractivity contribution is 0.343. The number of nitrogens with zero attached hydrogens (tertiary/aromatic N) is 3. The summed E-state index contributed by atoms with van der Waals surface area (Å²) in [4.78, 5) is 1.23. The first kappa shape index (κ1) is 22.5. The van der Waals surface area contributed by atoms with Gasteiger partial charge < -0.3 is 9.30 Å². The standard InChI is InChI=1S/C24H29N3OS2/c1-5-15-27-22(18-30-21-9-7-6-8-10-21)25-26-23(27)29-17-16-28-20-13-11-19(12-14-20)24(2,3)4/h5-14H,1,15-18H2,2-4H3. The lowest BCUT2D eigenvalue weighted by Gasteiger charge is -2.19. The van der Waals surface area contributed by atoms with Crippen LogP contribution in [0, 0.1) is 0 Å². The zero-order valence-corrected chi connectivity index (χ0v) is 19.5. The molecule has 0 saturated heterocycles. The molecule has 0 saturated carbocycles. The first-order valence-electron chi connectivity index (χ1n) is 10.0. The number of thioether (sulfide) groups is 2. The number of ether oxygens (including phenoxy) is 1. The predicted octanol–water partition coefficient (Wildman–Crippen LogP) is 6.23. The molecule has 0 atom stereocenters. The molecule has 30 heavy (non-hydrogen) atoms. The van der Waals surface area contributed by atoms with Crippen LogP contribution in [0.15, 0.2) is 77.3 Å². The van der Waals surface area contributed by atoms with Crippen molar-refractivity contribution in [1.29, 1.82) is 0 Å². The Hall–Kier alpha value is -2.18. The second-order valence-electron chi connectivity index (χ2n) is 7.87. The van der Waals surface area contributed by atoms with Crippen molar-refractivity contribution in [1.82, 2.24) is 14.8 Å². The Morgan fingerprint density at radius 2 is 1.73 bits per heavy atom. The van der Waals surface area contributed by atoms with Gasteiger partial charge in [0.1, 0.15) is 11.6 Å². The van der Waals surface area contributed by atoms with Gasteiger partial charge >= 0.3 is 0 Å².